The number of hydrogen-bond acceptors (Lipinski definition) is 5. The summed E-state index contributed by atoms with van der Waals surface area (Å²) in [7, 11) is 0. The zero-order valence-corrected chi connectivity index (χ0v) is 11.7. The van der Waals surface area contributed by atoms with Crippen molar-refractivity contribution in [1.82, 2.24) is 14.8 Å². The monoisotopic (exact) mass is 282 g/mol. The van der Waals surface area contributed by atoms with Crippen LogP contribution >= 0.6 is 11.6 Å². The summed E-state index contributed by atoms with van der Waals surface area (Å²) in [5, 5.41) is 7.20. The van der Waals surface area contributed by atoms with Gasteiger partial charge in [0.15, 0.2) is 0 Å². The van der Waals surface area contributed by atoms with Gasteiger partial charge in [-0.05, 0) is 20.8 Å². The highest BCUT2D eigenvalue weighted by molar-refractivity contribution is 6.32. The van der Waals surface area contributed by atoms with Crippen molar-refractivity contribution in [3.63, 3.8) is 0 Å². The Hall–Kier alpha value is -1.82. The van der Waals surface area contributed by atoms with Crippen LogP contribution in [0.5, 0.6) is 0 Å². The van der Waals surface area contributed by atoms with Crippen LogP contribution in [-0.4, -0.2) is 14.8 Å². The molecule has 1 unspecified atom stereocenters. The van der Waals surface area contributed by atoms with E-state index in [1.807, 2.05) is 20.8 Å². The van der Waals surface area contributed by atoms with Gasteiger partial charge in [-0.1, -0.05) is 11.6 Å². The average molecular weight is 283 g/mol. The molecule has 0 aliphatic rings. The van der Waals surface area contributed by atoms with Gasteiger partial charge < -0.3 is 9.73 Å². The lowest BCUT2D eigenvalue weighted by Crippen LogP contribution is -2.23. The van der Waals surface area contributed by atoms with Crippen LogP contribution in [-0.2, 0) is 6.54 Å². The van der Waals surface area contributed by atoms with E-state index in [1.54, 1.807) is 6.20 Å². The minimum Gasteiger partial charge on any atom is -0.444 e. The van der Waals surface area contributed by atoms with Crippen molar-refractivity contribution in [2.45, 2.75) is 33.4 Å². The molecule has 2 rings (SSSR count). The maximum atomic E-state index is 11.8. The van der Waals surface area contributed by atoms with Gasteiger partial charge in [0.05, 0.1) is 18.1 Å². The second-order valence-corrected chi connectivity index (χ2v) is 4.55. The molecule has 7 heteroatoms. The molecule has 0 aliphatic heterocycles. The molecule has 1 atom stereocenters. The summed E-state index contributed by atoms with van der Waals surface area (Å²) < 4.78 is 6.71. The maximum Gasteiger partial charge on any atom is 0.287 e. The summed E-state index contributed by atoms with van der Waals surface area (Å²) in [6.45, 7) is 6.00. The van der Waals surface area contributed by atoms with Crippen molar-refractivity contribution < 1.29 is 4.42 Å². The normalized spacial score (nSPS) is 12.4. The van der Waals surface area contributed by atoms with Crippen molar-refractivity contribution >= 4 is 17.3 Å². The van der Waals surface area contributed by atoms with E-state index < -0.39 is 0 Å². The minimum absolute atomic E-state index is 0.118. The molecule has 0 amide bonds. The van der Waals surface area contributed by atoms with Gasteiger partial charge in [0.1, 0.15) is 16.8 Å². The van der Waals surface area contributed by atoms with Gasteiger partial charge in [0.25, 0.3) is 5.56 Å². The smallest absolute Gasteiger partial charge is 0.287 e. The number of nitrogens with one attached hydrogen (secondary N) is 1. The van der Waals surface area contributed by atoms with Gasteiger partial charge in [0.2, 0.25) is 5.89 Å². The molecule has 0 radical (unpaired) electrons. The molecule has 0 aromatic carbocycles. The SMILES string of the molecule is CCn1ncc(NC(C)c2ncc(C)o2)c(Cl)c1=O. The quantitative estimate of drug-likeness (QED) is 0.932. The number of aromatic nitrogens is 3. The molecular weight excluding hydrogens is 268 g/mol. The number of nitrogens with zero attached hydrogens (tertiary/aromatic N) is 3. The first-order valence-electron chi connectivity index (χ1n) is 5.97. The van der Waals surface area contributed by atoms with Crippen molar-refractivity contribution in [2.75, 3.05) is 5.32 Å². The summed E-state index contributed by atoms with van der Waals surface area (Å²) >= 11 is 6.03. The van der Waals surface area contributed by atoms with Crippen molar-refractivity contribution in [3.8, 4) is 0 Å². The minimum atomic E-state index is -0.315. The van der Waals surface area contributed by atoms with Gasteiger partial charge in [-0.25, -0.2) is 9.67 Å². The van der Waals surface area contributed by atoms with Crippen LogP contribution in [0.15, 0.2) is 21.6 Å². The van der Waals surface area contributed by atoms with Crippen LogP contribution in [0.2, 0.25) is 5.02 Å². The Morgan fingerprint density at radius 1 is 1.53 bits per heavy atom. The number of oxazole rings is 1. The Bertz CT molecular complexity index is 635. The molecule has 19 heavy (non-hydrogen) atoms. The summed E-state index contributed by atoms with van der Waals surface area (Å²) in [4.78, 5) is 16.0. The van der Waals surface area contributed by atoms with Gasteiger partial charge in [-0.2, -0.15) is 5.10 Å². The van der Waals surface area contributed by atoms with Crippen LogP contribution in [0, 0.1) is 6.92 Å². The van der Waals surface area contributed by atoms with Crippen LogP contribution in [0.3, 0.4) is 0 Å². The Morgan fingerprint density at radius 3 is 2.84 bits per heavy atom. The van der Waals surface area contributed by atoms with Gasteiger partial charge in [0, 0.05) is 6.54 Å². The third kappa shape index (κ3) is 2.78. The molecule has 2 heterocycles. The van der Waals surface area contributed by atoms with Crippen LogP contribution in [0.4, 0.5) is 5.69 Å². The number of anilines is 1. The van der Waals surface area contributed by atoms with Gasteiger partial charge in [-0.15, -0.1) is 0 Å². The standard InChI is InChI=1S/C12H15ClN4O2/c1-4-17-12(18)10(13)9(6-15-17)16-8(3)11-14-5-7(2)19-11/h5-6,8,16H,4H2,1-3H3. The zero-order valence-electron chi connectivity index (χ0n) is 11.0. The van der Waals surface area contributed by atoms with E-state index in [2.05, 4.69) is 15.4 Å². The fourth-order valence-electron chi connectivity index (χ4n) is 1.66. The molecule has 1 N–H and O–H groups in total. The molecule has 0 spiro atoms. The molecule has 0 fully saturated rings. The van der Waals surface area contributed by atoms with E-state index in [1.165, 1.54) is 10.9 Å². The fourth-order valence-corrected chi connectivity index (χ4v) is 1.86. The van der Waals surface area contributed by atoms with Crippen molar-refractivity contribution in [3.05, 3.63) is 39.4 Å². The van der Waals surface area contributed by atoms with Gasteiger partial charge >= 0.3 is 0 Å². The third-order valence-electron chi connectivity index (χ3n) is 2.67. The van der Waals surface area contributed by atoms with E-state index in [9.17, 15) is 4.79 Å². The van der Waals surface area contributed by atoms with Crippen LogP contribution in [0.25, 0.3) is 0 Å². The van der Waals surface area contributed by atoms with Crippen LogP contribution in [0.1, 0.15) is 31.5 Å². The predicted octanol–water partition coefficient (Wildman–Crippen LogP) is 2.39. The molecule has 0 aliphatic carbocycles. The second kappa shape index (κ2) is 5.44. The lowest BCUT2D eigenvalue weighted by Gasteiger charge is -2.13. The number of halogens is 1. The maximum absolute atomic E-state index is 11.8. The van der Waals surface area contributed by atoms with Crippen molar-refractivity contribution in [1.29, 1.82) is 0 Å². The second-order valence-electron chi connectivity index (χ2n) is 4.17. The Balaban J connectivity index is 2.24. The molecule has 0 saturated carbocycles. The largest absolute Gasteiger partial charge is 0.444 e. The third-order valence-corrected chi connectivity index (χ3v) is 3.03. The summed E-state index contributed by atoms with van der Waals surface area (Å²) in [5.41, 5.74) is 0.157. The van der Waals surface area contributed by atoms with Crippen molar-refractivity contribution in [2.24, 2.45) is 0 Å². The average Bonchev–Trinajstić information content (AvgIpc) is 2.82. The van der Waals surface area contributed by atoms with E-state index in [-0.39, 0.29) is 16.6 Å². The fraction of sp³-hybridized carbons (Fsp3) is 0.417. The zero-order chi connectivity index (χ0) is 14.0. The molecule has 2 aromatic heterocycles. The summed E-state index contributed by atoms with van der Waals surface area (Å²) in [6.07, 6.45) is 3.17. The lowest BCUT2D eigenvalue weighted by atomic mass is 10.3. The van der Waals surface area contributed by atoms with Gasteiger partial charge in [-0.3, -0.25) is 4.79 Å². The molecule has 6 nitrogen and oxygen atoms in total. The van der Waals surface area contributed by atoms with Crippen LogP contribution < -0.4 is 10.9 Å². The highest BCUT2D eigenvalue weighted by atomic mass is 35.5. The number of aryl methyl sites for hydroxylation is 2. The topological polar surface area (TPSA) is 73.0 Å². The van der Waals surface area contributed by atoms with E-state index in [4.69, 9.17) is 16.0 Å². The molecule has 0 saturated heterocycles. The molecule has 0 bridgehead atoms. The predicted molar refractivity (Wildman–Crippen MR) is 72.5 cm³/mol. The van der Waals surface area contributed by atoms with E-state index >= 15 is 0 Å². The highest BCUT2D eigenvalue weighted by Gasteiger charge is 2.15. The molecule has 2 aromatic rings. The first-order valence-corrected chi connectivity index (χ1v) is 6.35. The number of hydrogen-bond donors (Lipinski definition) is 1. The lowest BCUT2D eigenvalue weighted by molar-refractivity contribution is 0.453. The molecular formula is C12H15ClN4O2. The Kier molecular flexibility index (Phi) is 3.90. The highest BCUT2D eigenvalue weighted by Crippen LogP contribution is 2.22. The Labute approximate surface area is 115 Å². The first kappa shape index (κ1) is 13.6. The van der Waals surface area contributed by atoms with E-state index in [0.29, 0.717) is 18.1 Å². The summed E-state index contributed by atoms with van der Waals surface area (Å²) in [5.74, 6) is 1.27. The Morgan fingerprint density at radius 2 is 2.26 bits per heavy atom. The molecule has 102 valence electrons. The summed E-state index contributed by atoms with van der Waals surface area (Å²) in [6, 6.07) is -0.204. The van der Waals surface area contributed by atoms with E-state index in [0.717, 1.165) is 5.76 Å². The first-order chi connectivity index (χ1) is 9.02. The number of rotatable bonds is 4.